The first kappa shape index (κ1) is 8.26. The van der Waals surface area contributed by atoms with Crippen LogP contribution in [0.15, 0.2) is 36.5 Å². The van der Waals surface area contributed by atoms with E-state index in [0.717, 1.165) is 10.6 Å². The van der Waals surface area contributed by atoms with Crippen molar-refractivity contribution in [3.8, 4) is 0 Å². The van der Waals surface area contributed by atoms with Gasteiger partial charge in [-0.3, -0.25) is 4.57 Å². The van der Waals surface area contributed by atoms with Crippen molar-refractivity contribution in [3.05, 3.63) is 36.5 Å². The molecule has 2 rings (SSSR count). The summed E-state index contributed by atoms with van der Waals surface area (Å²) in [5.41, 5.74) is 1.14. The van der Waals surface area contributed by atoms with Gasteiger partial charge in [-0.05, 0) is 24.4 Å². The molecule has 66 valence electrons. The van der Waals surface area contributed by atoms with E-state index in [-0.39, 0.29) is 0 Å². The van der Waals surface area contributed by atoms with Gasteiger partial charge in [0.2, 0.25) is 0 Å². The number of benzene rings is 1. The molecule has 0 saturated heterocycles. The molecular formula is C10H10N2S. The highest BCUT2D eigenvalue weighted by molar-refractivity contribution is 7.80. The maximum Gasteiger partial charge on any atom is 0.177 e. The zero-order chi connectivity index (χ0) is 9.26. The van der Waals surface area contributed by atoms with Crippen molar-refractivity contribution in [2.75, 3.05) is 7.05 Å². The average Bonchev–Trinajstić information content (AvgIpc) is 2.60. The number of rotatable bonds is 0. The van der Waals surface area contributed by atoms with Crippen molar-refractivity contribution in [3.63, 3.8) is 0 Å². The van der Waals surface area contributed by atoms with Gasteiger partial charge in [0, 0.05) is 18.6 Å². The Morgan fingerprint density at radius 1 is 1.31 bits per heavy atom. The lowest BCUT2D eigenvalue weighted by Crippen LogP contribution is -2.23. The maximum atomic E-state index is 5.15. The topological polar surface area (TPSA) is 17.0 Å². The van der Waals surface area contributed by atoms with E-state index in [2.05, 4.69) is 23.5 Å². The number of nitrogens with one attached hydrogen (secondary N) is 1. The third kappa shape index (κ3) is 1.31. The summed E-state index contributed by atoms with van der Waals surface area (Å²) >= 11 is 5.15. The third-order valence-corrected chi connectivity index (χ3v) is 2.43. The lowest BCUT2D eigenvalue weighted by Gasteiger charge is -2.04. The van der Waals surface area contributed by atoms with Gasteiger partial charge < -0.3 is 5.32 Å². The number of thiocarbonyl (C=S) groups is 1. The Morgan fingerprint density at radius 3 is 2.85 bits per heavy atom. The van der Waals surface area contributed by atoms with Crippen molar-refractivity contribution < 1.29 is 0 Å². The highest BCUT2D eigenvalue weighted by atomic mass is 32.1. The highest BCUT2D eigenvalue weighted by Gasteiger charge is 2.01. The lowest BCUT2D eigenvalue weighted by molar-refractivity contribution is 1.08. The molecule has 1 aromatic heterocycles. The fourth-order valence-electron chi connectivity index (χ4n) is 1.38. The molecule has 0 bridgehead atoms. The Bertz CT molecular complexity index is 445. The molecule has 13 heavy (non-hydrogen) atoms. The van der Waals surface area contributed by atoms with Gasteiger partial charge in [-0.1, -0.05) is 18.2 Å². The van der Waals surface area contributed by atoms with Gasteiger partial charge in [-0.15, -0.1) is 0 Å². The standard InChI is InChI=1S/C10H10N2S/c1-11-10(13)12-7-6-8-4-2-3-5-9(8)12/h2-7H,1H3,(H,11,13). The van der Waals surface area contributed by atoms with E-state index >= 15 is 0 Å². The minimum Gasteiger partial charge on any atom is -0.365 e. The highest BCUT2D eigenvalue weighted by Crippen LogP contribution is 2.14. The molecule has 0 spiro atoms. The minimum atomic E-state index is 0.723. The number of fused-ring (bicyclic) bond motifs is 1. The van der Waals surface area contributed by atoms with Crippen LogP contribution in [0.25, 0.3) is 10.9 Å². The molecule has 1 N–H and O–H groups in total. The van der Waals surface area contributed by atoms with Crippen LogP contribution in [-0.2, 0) is 0 Å². The van der Waals surface area contributed by atoms with Gasteiger partial charge in [-0.25, -0.2) is 0 Å². The zero-order valence-electron chi connectivity index (χ0n) is 7.32. The summed E-state index contributed by atoms with van der Waals surface area (Å²) in [6.07, 6.45) is 1.98. The summed E-state index contributed by atoms with van der Waals surface area (Å²) in [6.45, 7) is 0. The Labute approximate surface area is 82.2 Å². The molecule has 0 amide bonds. The van der Waals surface area contributed by atoms with Crippen LogP contribution in [-0.4, -0.2) is 16.7 Å². The molecule has 1 heterocycles. The van der Waals surface area contributed by atoms with Gasteiger partial charge in [0.25, 0.3) is 0 Å². The molecule has 0 saturated carbocycles. The molecule has 0 fully saturated rings. The number of aromatic nitrogens is 1. The van der Waals surface area contributed by atoms with E-state index in [0.29, 0.717) is 0 Å². The van der Waals surface area contributed by atoms with E-state index < -0.39 is 0 Å². The Kier molecular flexibility index (Phi) is 2.02. The average molecular weight is 190 g/mol. The first-order valence-electron chi connectivity index (χ1n) is 4.11. The van der Waals surface area contributed by atoms with Crippen molar-refractivity contribution in [2.24, 2.45) is 0 Å². The van der Waals surface area contributed by atoms with Gasteiger partial charge in [-0.2, -0.15) is 0 Å². The van der Waals surface area contributed by atoms with Crippen LogP contribution in [0.3, 0.4) is 0 Å². The molecule has 3 heteroatoms. The Balaban J connectivity index is 2.64. The largest absolute Gasteiger partial charge is 0.365 e. The fraction of sp³-hybridized carbons (Fsp3) is 0.100. The molecular weight excluding hydrogens is 180 g/mol. The molecule has 0 radical (unpaired) electrons. The molecule has 2 nitrogen and oxygen atoms in total. The fourth-order valence-corrected chi connectivity index (χ4v) is 1.54. The molecule has 0 unspecified atom stereocenters. The zero-order valence-corrected chi connectivity index (χ0v) is 8.14. The SMILES string of the molecule is CNC(=S)n1ccc2ccccc21. The summed E-state index contributed by atoms with van der Waals surface area (Å²) in [4.78, 5) is 0. The second kappa shape index (κ2) is 3.18. The Morgan fingerprint density at radius 2 is 2.08 bits per heavy atom. The lowest BCUT2D eigenvalue weighted by atomic mass is 10.2. The Hall–Kier alpha value is -1.35. The predicted octanol–water partition coefficient (Wildman–Crippen LogP) is 1.99. The normalized spacial score (nSPS) is 10.2. The monoisotopic (exact) mass is 190 g/mol. The van der Waals surface area contributed by atoms with E-state index in [1.54, 1.807) is 0 Å². The second-order valence-electron chi connectivity index (χ2n) is 2.80. The van der Waals surface area contributed by atoms with Crippen LogP contribution < -0.4 is 5.32 Å². The van der Waals surface area contributed by atoms with Gasteiger partial charge in [0.05, 0.1) is 5.52 Å². The molecule has 0 aliphatic heterocycles. The van der Waals surface area contributed by atoms with Gasteiger partial charge >= 0.3 is 0 Å². The maximum absolute atomic E-state index is 5.15. The molecule has 2 aromatic rings. The minimum absolute atomic E-state index is 0.723. The van der Waals surface area contributed by atoms with Crippen molar-refractivity contribution >= 4 is 28.2 Å². The summed E-state index contributed by atoms with van der Waals surface area (Å²) in [5, 5.41) is 4.89. The summed E-state index contributed by atoms with van der Waals surface area (Å²) < 4.78 is 1.96. The molecule has 1 aromatic carbocycles. The van der Waals surface area contributed by atoms with Crippen LogP contribution in [0.5, 0.6) is 0 Å². The predicted molar refractivity (Wildman–Crippen MR) is 59.0 cm³/mol. The molecule has 0 aliphatic rings. The first-order valence-corrected chi connectivity index (χ1v) is 4.52. The van der Waals surface area contributed by atoms with Crippen molar-refractivity contribution in [2.45, 2.75) is 0 Å². The summed E-state index contributed by atoms with van der Waals surface area (Å²) in [6, 6.07) is 10.2. The summed E-state index contributed by atoms with van der Waals surface area (Å²) in [7, 11) is 1.83. The van der Waals surface area contributed by atoms with Gasteiger partial charge in [0.1, 0.15) is 0 Å². The smallest absolute Gasteiger partial charge is 0.177 e. The number of nitrogens with zero attached hydrogens (tertiary/aromatic N) is 1. The molecule has 0 aliphatic carbocycles. The van der Waals surface area contributed by atoms with E-state index in [9.17, 15) is 0 Å². The second-order valence-corrected chi connectivity index (χ2v) is 3.19. The number of hydrogen-bond acceptors (Lipinski definition) is 1. The number of hydrogen-bond donors (Lipinski definition) is 1. The van der Waals surface area contributed by atoms with E-state index in [1.165, 1.54) is 5.39 Å². The van der Waals surface area contributed by atoms with E-state index in [1.807, 2.05) is 29.9 Å². The van der Waals surface area contributed by atoms with Crippen LogP contribution >= 0.6 is 12.2 Å². The first-order chi connectivity index (χ1) is 6.33. The van der Waals surface area contributed by atoms with Crippen molar-refractivity contribution in [1.82, 2.24) is 9.88 Å². The van der Waals surface area contributed by atoms with Crippen LogP contribution in [0.2, 0.25) is 0 Å². The summed E-state index contributed by atoms with van der Waals surface area (Å²) in [5.74, 6) is 0. The van der Waals surface area contributed by atoms with Crippen molar-refractivity contribution in [1.29, 1.82) is 0 Å². The van der Waals surface area contributed by atoms with Crippen LogP contribution in [0.4, 0.5) is 0 Å². The molecule has 0 atom stereocenters. The number of para-hydroxylation sites is 1. The van der Waals surface area contributed by atoms with Gasteiger partial charge in [0.15, 0.2) is 5.11 Å². The van der Waals surface area contributed by atoms with Crippen LogP contribution in [0.1, 0.15) is 0 Å². The van der Waals surface area contributed by atoms with Crippen LogP contribution in [0, 0.1) is 0 Å². The quantitative estimate of drug-likeness (QED) is 0.640. The van der Waals surface area contributed by atoms with E-state index in [4.69, 9.17) is 12.2 Å². The third-order valence-electron chi connectivity index (χ3n) is 2.03.